The van der Waals surface area contributed by atoms with Crippen LogP contribution in [0.15, 0.2) is 42.5 Å². The van der Waals surface area contributed by atoms with Crippen molar-refractivity contribution in [2.45, 2.75) is 6.42 Å². The average molecular weight is 358 g/mol. The Morgan fingerprint density at radius 2 is 1.65 bits per heavy atom. The van der Waals surface area contributed by atoms with Gasteiger partial charge in [0.1, 0.15) is 0 Å². The number of nitrogens with one attached hydrogen (secondary N) is 1. The van der Waals surface area contributed by atoms with Gasteiger partial charge in [0.2, 0.25) is 0 Å². The van der Waals surface area contributed by atoms with Crippen molar-refractivity contribution < 1.29 is 57.7 Å². The summed E-state index contributed by atoms with van der Waals surface area (Å²) in [7, 11) is 0. The third-order valence-corrected chi connectivity index (χ3v) is 4.23. The quantitative estimate of drug-likeness (QED) is 0.301. The second-order valence-electron chi connectivity index (χ2n) is 4.54. The van der Waals surface area contributed by atoms with Gasteiger partial charge in [-0.05, 0) is 0 Å². The van der Waals surface area contributed by atoms with Crippen LogP contribution in [0.4, 0.5) is 0 Å². The van der Waals surface area contributed by atoms with Gasteiger partial charge in [-0.2, -0.15) is 0 Å². The Morgan fingerprint density at radius 3 is 2.45 bits per heavy atom. The minimum absolute atomic E-state index is 0. The molecule has 0 saturated carbocycles. The van der Waals surface area contributed by atoms with E-state index in [-0.39, 0.29) is 37.2 Å². The molecule has 1 aliphatic rings. The number of benzene rings is 2. The molecule has 1 heterocycles. The Labute approximate surface area is 148 Å². The summed E-state index contributed by atoms with van der Waals surface area (Å²) in [5.74, 6) is 0. The Bertz CT molecular complexity index is 752. The van der Waals surface area contributed by atoms with Gasteiger partial charge >= 0.3 is 111 Å². The number of fused-ring (bicyclic) bond motifs is 5. The van der Waals surface area contributed by atoms with E-state index in [0.29, 0.717) is 0 Å². The van der Waals surface area contributed by atoms with Gasteiger partial charge in [0.05, 0.1) is 0 Å². The summed E-state index contributed by atoms with van der Waals surface area (Å²) in [6.07, 6.45) is 1.07. The van der Waals surface area contributed by atoms with Gasteiger partial charge in [-0.1, -0.05) is 0 Å². The van der Waals surface area contributed by atoms with Gasteiger partial charge in [-0.15, -0.1) is 0 Å². The fourth-order valence-electron chi connectivity index (χ4n) is 2.83. The van der Waals surface area contributed by atoms with E-state index in [9.17, 15) is 0 Å². The standard InChI is InChI=1S/C15H10N.3ClH.Ti/c1-2-6-11-10(5-1)9-13-12-7-3-4-8-14(12)16-15(11)13;;;;/h1-6,8,16H,9H2;3*1H;/q;;;;+3/p-3. The van der Waals surface area contributed by atoms with Crippen molar-refractivity contribution in [1.29, 1.82) is 0 Å². The molecule has 0 unspecified atom stereocenters. The summed E-state index contributed by atoms with van der Waals surface area (Å²) in [4.78, 5) is 3.57. The van der Waals surface area contributed by atoms with Crippen LogP contribution < -0.4 is 41.1 Å². The predicted molar refractivity (Wildman–Crippen MR) is 66.2 cm³/mol. The van der Waals surface area contributed by atoms with Crippen LogP contribution >= 0.6 is 0 Å². The summed E-state index contributed by atoms with van der Waals surface area (Å²) < 4.78 is 1.37. The van der Waals surface area contributed by atoms with E-state index in [1.807, 2.05) is 0 Å². The van der Waals surface area contributed by atoms with Crippen molar-refractivity contribution in [2.24, 2.45) is 0 Å². The number of aromatic amines is 1. The maximum absolute atomic E-state index is 3.57. The Kier molecular flexibility index (Phi) is 5.77. The molecule has 0 amide bonds. The van der Waals surface area contributed by atoms with E-state index < -0.39 is 0 Å². The van der Waals surface area contributed by atoms with Crippen LogP contribution in [0, 0.1) is 0 Å². The van der Waals surface area contributed by atoms with Crippen molar-refractivity contribution in [3.63, 3.8) is 0 Å². The van der Waals surface area contributed by atoms with Crippen LogP contribution in [-0.2, 0) is 26.9 Å². The molecule has 2 aromatic carbocycles. The molecule has 0 spiro atoms. The third-order valence-electron chi connectivity index (χ3n) is 3.58. The van der Waals surface area contributed by atoms with Crippen LogP contribution in [0.5, 0.6) is 0 Å². The number of H-pyrrole nitrogens is 1. The molecular formula is C15H10Cl3NTi. The fraction of sp³-hybridized carbons (Fsp3) is 0.0667. The molecule has 0 aliphatic heterocycles. The van der Waals surface area contributed by atoms with E-state index in [4.69, 9.17) is 0 Å². The first-order valence-electron chi connectivity index (χ1n) is 5.78. The van der Waals surface area contributed by atoms with Crippen molar-refractivity contribution in [2.75, 3.05) is 0 Å². The van der Waals surface area contributed by atoms with Crippen molar-refractivity contribution in [1.82, 2.24) is 4.98 Å². The van der Waals surface area contributed by atoms with Crippen LogP contribution in [0.2, 0.25) is 0 Å². The van der Waals surface area contributed by atoms with Crippen molar-refractivity contribution in [3.8, 4) is 11.3 Å². The Hall–Kier alpha value is -0.436. The predicted octanol–water partition coefficient (Wildman–Crippen LogP) is -6.08. The molecule has 5 heteroatoms. The molecule has 100 valence electrons. The molecule has 0 saturated heterocycles. The molecule has 1 aliphatic carbocycles. The first kappa shape index (κ1) is 17.6. The topological polar surface area (TPSA) is 15.8 Å². The van der Waals surface area contributed by atoms with Gasteiger partial charge in [-0.3, -0.25) is 0 Å². The third kappa shape index (κ3) is 2.43. The van der Waals surface area contributed by atoms with Gasteiger partial charge in [0, 0.05) is 0 Å². The van der Waals surface area contributed by atoms with Gasteiger partial charge in [-0.25, -0.2) is 0 Å². The first-order chi connectivity index (χ1) is 8.34. The van der Waals surface area contributed by atoms with E-state index in [0.717, 1.165) is 6.42 Å². The van der Waals surface area contributed by atoms with Crippen LogP contribution in [-0.4, -0.2) is 4.98 Å². The summed E-state index contributed by atoms with van der Waals surface area (Å²) in [5.41, 5.74) is 6.88. The molecule has 1 aromatic heterocycles. The zero-order valence-corrected chi connectivity index (χ0v) is 14.2. The number of halogens is 3. The Morgan fingerprint density at radius 1 is 0.900 bits per heavy atom. The molecule has 0 fully saturated rings. The molecule has 20 heavy (non-hydrogen) atoms. The summed E-state index contributed by atoms with van der Waals surface area (Å²) in [6, 6.07) is 15.2. The number of rotatable bonds is 0. The van der Waals surface area contributed by atoms with Crippen LogP contribution in [0.1, 0.15) is 11.1 Å². The van der Waals surface area contributed by atoms with Crippen molar-refractivity contribution >= 4 is 14.8 Å². The second kappa shape index (κ2) is 6.55. The molecule has 3 aromatic rings. The maximum atomic E-state index is 3.57. The monoisotopic (exact) mass is 357 g/mol. The fourth-order valence-corrected chi connectivity index (χ4v) is 3.43. The zero-order valence-electron chi connectivity index (χ0n) is 10.4. The SMILES string of the molecule is [Cl-].[Cl-].[Cl-].[Ti+3][c]1cccc2[nH]c3c(c12)Cc1ccccc1-3. The molecule has 4 rings (SSSR count). The Balaban J connectivity index is 0.000000667. The molecule has 1 N–H and O–H groups in total. The average Bonchev–Trinajstić information content (AvgIpc) is 2.85. The summed E-state index contributed by atoms with van der Waals surface area (Å²) >= 11 is 2.19. The molecule has 0 radical (unpaired) electrons. The van der Waals surface area contributed by atoms with Gasteiger partial charge < -0.3 is 37.2 Å². The summed E-state index contributed by atoms with van der Waals surface area (Å²) in [5, 5.41) is 1.42. The van der Waals surface area contributed by atoms with E-state index in [2.05, 4.69) is 67.9 Å². The van der Waals surface area contributed by atoms with Crippen molar-refractivity contribution in [3.05, 3.63) is 53.6 Å². The molecule has 1 nitrogen and oxygen atoms in total. The number of hydrogen-bond acceptors (Lipinski definition) is 0. The van der Waals surface area contributed by atoms with Crippen LogP contribution in [0.25, 0.3) is 22.2 Å². The summed E-state index contributed by atoms with van der Waals surface area (Å²) in [6.45, 7) is 0. The molecule has 0 atom stereocenters. The van der Waals surface area contributed by atoms with E-state index in [1.165, 1.54) is 37.2 Å². The van der Waals surface area contributed by atoms with E-state index >= 15 is 0 Å². The molecular weight excluding hydrogens is 348 g/mol. The zero-order chi connectivity index (χ0) is 11.4. The normalized spacial score (nSPS) is 10.9. The first-order valence-corrected chi connectivity index (χ1v) is 6.56. The van der Waals surface area contributed by atoms with Gasteiger partial charge in [0.15, 0.2) is 0 Å². The molecule has 0 bridgehead atoms. The van der Waals surface area contributed by atoms with Gasteiger partial charge in [0.25, 0.3) is 0 Å². The minimum atomic E-state index is 0. The second-order valence-corrected chi connectivity index (χ2v) is 5.38. The van der Waals surface area contributed by atoms with E-state index in [1.54, 1.807) is 0 Å². The number of hydrogen-bond donors (Lipinski definition) is 1. The van der Waals surface area contributed by atoms with Crippen LogP contribution in [0.3, 0.4) is 0 Å². The number of aromatic nitrogens is 1.